The highest BCUT2D eigenvalue weighted by atomic mass is 35.5. The lowest BCUT2D eigenvalue weighted by molar-refractivity contribution is -0.126. The predicted molar refractivity (Wildman–Crippen MR) is 304 cm³/mol. The molecule has 4 aromatic rings. The van der Waals surface area contributed by atoms with Gasteiger partial charge in [-0.25, -0.2) is 9.18 Å². The Labute approximate surface area is 469 Å². The number of hydrogen-bond donors (Lipinski definition) is 4. The van der Waals surface area contributed by atoms with Crippen LogP contribution in [-0.4, -0.2) is 133 Å². The first-order chi connectivity index (χ1) is 37.7. The van der Waals surface area contributed by atoms with Gasteiger partial charge in [-0.05, 0) is 139 Å². The molecule has 2 atom stereocenters. The average Bonchev–Trinajstić information content (AvgIpc) is 3.50. The molecule has 1 unspecified atom stereocenters. The van der Waals surface area contributed by atoms with Crippen molar-refractivity contribution >= 4 is 65.2 Å². The first-order valence-corrected chi connectivity index (χ1v) is 27.7. The molecule has 1 aliphatic carbocycles. The number of benzene rings is 4. The Balaban J connectivity index is 0.000000220. The summed E-state index contributed by atoms with van der Waals surface area (Å²) in [5, 5.41) is 6.05. The molecule has 19 heteroatoms. The molecule has 0 aromatic heterocycles. The number of methoxy groups -OCH3 is 2. The molecule has 0 radical (unpaired) electrons. The zero-order valence-corrected chi connectivity index (χ0v) is 47.2. The van der Waals surface area contributed by atoms with Crippen LogP contribution in [0.3, 0.4) is 0 Å². The van der Waals surface area contributed by atoms with Crippen LogP contribution in [0.25, 0.3) is 11.1 Å². The molecule has 16 nitrogen and oxygen atoms in total. The largest absolute Gasteiger partial charge is 0.495 e. The second-order valence-corrected chi connectivity index (χ2v) is 20.8. The highest BCUT2D eigenvalue weighted by Gasteiger charge is 2.30. The van der Waals surface area contributed by atoms with E-state index in [9.17, 15) is 28.8 Å². The van der Waals surface area contributed by atoms with Crippen molar-refractivity contribution in [1.29, 1.82) is 0 Å². The third-order valence-electron chi connectivity index (χ3n) is 14.8. The molecule has 3 heterocycles. The number of hydrogen-bond acceptors (Lipinski definition) is 12. The van der Waals surface area contributed by atoms with Crippen molar-refractivity contribution < 1.29 is 47.4 Å². The number of ether oxygens (including phenoxy) is 3. The number of likely N-dealkylation sites (tertiary alicyclic amines) is 2. The van der Waals surface area contributed by atoms with Gasteiger partial charge in [-0.2, -0.15) is 0 Å². The summed E-state index contributed by atoms with van der Waals surface area (Å²) < 4.78 is 31.6. The van der Waals surface area contributed by atoms with E-state index in [0.717, 1.165) is 37.2 Å². The van der Waals surface area contributed by atoms with Crippen LogP contribution in [0.1, 0.15) is 115 Å². The van der Waals surface area contributed by atoms with E-state index in [-0.39, 0.29) is 77.8 Å². The molecule has 4 fully saturated rings. The summed E-state index contributed by atoms with van der Waals surface area (Å²) in [6, 6.07) is 20.2. The Morgan fingerprint density at radius 1 is 0.859 bits per heavy atom. The fourth-order valence-corrected chi connectivity index (χ4v) is 10.6. The third kappa shape index (κ3) is 17.5. The number of halogens is 3. The Hall–Kier alpha value is -5.95. The maximum Gasteiger partial charge on any atom is 0.328 e. The molecule has 424 valence electrons. The van der Waals surface area contributed by atoms with E-state index in [0.29, 0.717) is 77.2 Å². The van der Waals surface area contributed by atoms with Gasteiger partial charge in [0, 0.05) is 91.3 Å². The van der Waals surface area contributed by atoms with Gasteiger partial charge < -0.3 is 45.6 Å². The molecule has 8 rings (SSSR count). The fourth-order valence-electron chi connectivity index (χ4n) is 9.99. The summed E-state index contributed by atoms with van der Waals surface area (Å²) in [6.07, 6.45) is 12.6. The van der Waals surface area contributed by atoms with Gasteiger partial charge in [-0.1, -0.05) is 72.8 Å². The van der Waals surface area contributed by atoms with E-state index in [1.807, 2.05) is 30.3 Å². The lowest BCUT2D eigenvalue weighted by Gasteiger charge is -2.31. The Morgan fingerprint density at radius 2 is 1.54 bits per heavy atom. The first kappa shape index (κ1) is 62.9. The molecule has 0 bridgehead atoms. The minimum atomic E-state index is -0.683. The van der Waals surface area contributed by atoms with Crippen molar-refractivity contribution in [3.63, 3.8) is 0 Å². The van der Waals surface area contributed by atoms with Crippen LogP contribution in [0.5, 0.6) is 11.5 Å². The molecule has 3 aliphatic heterocycles. The summed E-state index contributed by atoms with van der Waals surface area (Å²) in [4.78, 5) is 76.4. The Morgan fingerprint density at radius 3 is 2.15 bits per heavy atom. The van der Waals surface area contributed by atoms with Crippen LogP contribution in [0.4, 0.5) is 14.9 Å². The second-order valence-electron chi connectivity index (χ2n) is 19.9. The van der Waals surface area contributed by atoms with Gasteiger partial charge in [-0.15, -0.1) is 0 Å². The van der Waals surface area contributed by atoms with E-state index < -0.39 is 11.8 Å². The quantitative estimate of drug-likeness (QED) is 0.0728. The van der Waals surface area contributed by atoms with Gasteiger partial charge in [0.25, 0.3) is 5.91 Å². The topological polar surface area (TPSA) is 216 Å². The summed E-state index contributed by atoms with van der Waals surface area (Å²) in [6.45, 7) is 6.86. The molecule has 4 aliphatic rings. The lowest BCUT2D eigenvalue weighted by Crippen LogP contribution is -2.49. The van der Waals surface area contributed by atoms with Crippen LogP contribution < -0.4 is 36.5 Å². The van der Waals surface area contributed by atoms with Crippen LogP contribution in [0.2, 0.25) is 10.0 Å². The number of nitrogens with one attached hydrogen (secondary N) is 2. The molecule has 78 heavy (non-hydrogen) atoms. The SMILES string of the molecule is CN.CN1CCC(CCNC(=O)C2CCCCC2)CC1.CO[C@@H](C)COc1ccc(C=O)c(-c2cc(C(CN)c3ccccc3)c(Cl)cc2Cl)c1F.COc1ccc(C(=O)N2CCC(C=O)CC2)cc1N1CCC(=O)NC1=O. The number of rotatable bonds is 17. The zero-order valence-electron chi connectivity index (χ0n) is 45.7. The first-order valence-electron chi connectivity index (χ1n) is 26.9. The summed E-state index contributed by atoms with van der Waals surface area (Å²) >= 11 is 13.0. The third-order valence-corrected chi connectivity index (χ3v) is 15.4. The number of anilines is 1. The van der Waals surface area contributed by atoms with Gasteiger partial charge >= 0.3 is 6.03 Å². The van der Waals surface area contributed by atoms with E-state index in [1.165, 1.54) is 82.8 Å². The summed E-state index contributed by atoms with van der Waals surface area (Å²) in [7, 11) is 6.72. The van der Waals surface area contributed by atoms with Crippen LogP contribution in [0, 0.1) is 23.6 Å². The molecule has 1 saturated carbocycles. The van der Waals surface area contributed by atoms with Crippen LogP contribution >= 0.6 is 23.2 Å². The van der Waals surface area contributed by atoms with E-state index in [2.05, 4.69) is 28.3 Å². The van der Waals surface area contributed by atoms with Gasteiger partial charge in [0.1, 0.15) is 18.6 Å². The number of nitrogens with zero attached hydrogens (tertiary/aromatic N) is 3. The van der Waals surface area contributed by atoms with E-state index in [4.69, 9.17) is 43.1 Å². The monoisotopic (exact) mass is 1120 g/mol. The van der Waals surface area contributed by atoms with Crippen LogP contribution in [-0.2, 0) is 19.1 Å². The molecule has 0 spiro atoms. The standard InChI is InChI=1S/C25H24Cl2FNO3.C18H21N3O5.C15H28N2O.CH5N/c1-15(31-2)14-32-23-9-8-17(13-30)24(25(23)28)19-10-18(21(26)11-22(19)27)20(12-29)16-6-4-3-5-7-16;1-26-15-3-2-13(17(24)20-7-4-12(11-22)5-8-20)10-14(15)21-9-6-16(23)19-18(21)25;1-17-11-8-13(9-12-17)7-10-16-15(18)14-5-3-2-4-6-14;1-2/h3-11,13,15,20H,12,14,29H2,1-2H3;2-3,10-12H,4-9H2,1H3,(H,19,23,25);13-14H,2-12H2,1H3,(H,16,18);2H2,1H3/t15-,20?;;;/m0.../s1. The number of urea groups is 1. The van der Waals surface area contributed by atoms with Gasteiger partial charge in [0.15, 0.2) is 17.9 Å². The lowest BCUT2D eigenvalue weighted by atomic mass is 9.88. The second kappa shape index (κ2) is 32.2. The average molecular weight is 1120 g/mol. The number of piperidine rings is 2. The number of carbonyl (C=O) groups is 6. The van der Waals surface area contributed by atoms with Crippen molar-refractivity contribution in [3.05, 3.63) is 111 Å². The van der Waals surface area contributed by atoms with Crippen molar-refractivity contribution in [2.24, 2.45) is 29.2 Å². The number of carbonyl (C=O) groups excluding carboxylic acids is 6. The minimum absolute atomic E-state index is 0.000464. The van der Waals surface area contributed by atoms with Crippen molar-refractivity contribution in [2.75, 3.05) is 85.6 Å². The van der Waals surface area contributed by atoms with Crippen molar-refractivity contribution in [1.82, 2.24) is 20.4 Å². The predicted octanol–water partition coefficient (Wildman–Crippen LogP) is 9.30. The number of imide groups is 1. The highest BCUT2D eigenvalue weighted by Crippen LogP contribution is 2.42. The Bertz CT molecular complexity index is 2610. The highest BCUT2D eigenvalue weighted by molar-refractivity contribution is 6.37. The fraction of sp³-hybridized carbons (Fsp3) is 0.492. The van der Waals surface area contributed by atoms with Gasteiger partial charge in [-0.3, -0.25) is 29.4 Å². The number of aldehydes is 2. The molecule has 5 amide bonds. The Kier molecular flexibility index (Phi) is 26.0. The van der Waals surface area contributed by atoms with Crippen molar-refractivity contribution in [2.45, 2.75) is 89.6 Å². The summed E-state index contributed by atoms with van der Waals surface area (Å²) in [5.41, 5.74) is 13.7. The summed E-state index contributed by atoms with van der Waals surface area (Å²) in [5.74, 6) is 0.543. The van der Waals surface area contributed by atoms with Gasteiger partial charge in [0.2, 0.25) is 11.8 Å². The van der Waals surface area contributed by atoms with E-state index in [1.54, 1.807) is 49.3 Å². The number of amides is 5. The smallest absolute Gasteiger partial charge is 0.328 e. The van der Waals surface area contributed by atoms with Crippen LogP contribution in [0.15, 0.2) is 72.8 Å². The maximum atomic E-state index is 15.5. The molecular formula is C59H78Cl2FN7O9. The van der Waals surface area contributed by atoms with Gasteiger partial charge in [0.05, 0.1) is 23.9 Å². The van der Waals surface area contributed by atoms with Crippen molar-refractivity contribution in [3.8, 4) is 22.6 Å². The normalized spacial score (nSPS) is 17.1. The van der Waals surface area contributed by atoms with E-state index >= 15 is 4.39 Å². The number of nitrogens with two attached hydrogens (primary N) is 2. The minimum Gasteiger partial charge on any atom is -0.495 e. The molecule has 3 saturated heterocycles. The maximum absolute atomic E-state index is 15.5. The zero-order chi connectivity index (χ0) is 56.7. The molecule has 6 N–H and O–H groups in total. The molecular weight excluding hydrogens is 1040 g/mol. The molecule has 4 aromatic carbocycles.